The van der Waals surface area contributed by atoms with Gasteiger partial charge in [-0.25, -0.2) is 27.2 Å². The molecule has 2 aromatic carbocycles. The molecule has 2 heterocycles. The first-order valence-electron chi connectivity index (χ1n) is 11.1. The first kappa shape index (κ1) is 26.6. The zero-order chi connectivity index (χ0) is 27.0. The molecule has 0 unspecified atom stereocenters. The molecule has 0 aliphatic carbocycles. The maximum atomic E-state index is 14.4. The van der Waals surface area contributed by atoms with E-state index in [1.165, 1.54) is 12.1 Å². The van der Waals surface area contributed by atoms with Crippen LogP contribution in [-0.2, 0) is 27.5 Å². The summed E-state index contributed by atoms with van der Waals surface area (Å²) in [7, 11) is -4.09. The van der Waals surface area contributed by atoms with Crippen molar-refractivity contribution in [2.45, 2.75) is 37.0 Å². The minimum Gasteiger partial charge on any atom is -0.351 e. The summed E-state index contributed by atoms with van der Waals surface area (Å²) in [6.07, 6.45) is -2.54. The van der Waals surface area contributed by atoms with E-state index in [4.69, 9.17) is 0 Å². The highest BCUT2D eigenvalue weighted by Gasteiger charge is 2.42. The third-order valence-electron chi connectivity index (χ3n) is 5.93. The summed E-state index contributed by atoms with van der Waals surface area (Å²) in [6, 6.07) is 6.98. The largest absolute Gasteiger partial charge is 0.451 e. The van der Waals surface area contributed by atoms with Gasteiger partial charge in [0.25, 0.3) is 0 Å². The fourth-order valence-corrected chi connectivity index (χ4v) is 5.78. The Labute approximate surface area is 209 Å². The highest BCUT2D eigenvalue weighted by atomic mass is 32.2. The number of alkyl halides is 3. The smallest absolute Gasteiger partial charge is 0.351 e. The summed E-state index contributed by atoms with van der Waals surface area (Å²) in [5.41, 5.74) is 0.570. The Morgan fingerprint density at radius 2 is 1.70 bits per heavy atom. The van der Waals surface area contributed by atoms with E-state index in [0.717, 1.165) is 47.0 Å². The van der Waals surface area contributed by atoms with E-state index >= 15 is 0 Å². The lowest BCUT2D eigenvalue weighted by Gasteiger charge is -2.23. The minimum atomic E-state index is -4.70. The lowest BCUT2D eigenvalue weighted by Crippen LogP contribution is -2.45. The van der Waals surface area contributed by atoms with Crippen LogP contribution in [0.3, 0.4) is 0 Å². The summed E-state index contributed by atoms with van der Waals surface area (Å²) < 4.78 is 93.1. The first-order valence-corrected chi connectivity index (χ1v) is 12.5. The average molecular weight is 541 g/mol. The SMILES string of the molecule is C[C@H]1C[C@@H](C(=O)NCc2cc(-c3cnc(C(F)(F)F)nc3)ccc2F)N(S(=O)(=O)c2ccc(F)cc2)C1. The lowest BCUT2D eigenvalue weighted by molar-refractivity contribution is -0.145. The zero-order valence-electron chi connectivity index (χ0n) is 19.3. The molecule has 1 N–H and O–H groups in total. The molecule has 1 aromatic heterocycles. The molecule has 0 spiro atoms. The van der Waals surface area contributed by atoms with Gasteiger partial charge in [-0.05, 0) is 54.3 Å². The van der Waals surface area contributed by atoms with Gasteiger partial charge in [-0.3, -0.25) is 4.79 Å². The first-order chi connectivity index (χ1) is 17.4. The van der Waals surface area contributed by atoms with Gasteiger partial charge in [0.2, 0.25) is 21.8 Å². The number of amides is 1. The Hall–Kier alpha value is -3.45. The molecule has 0 radical (unpaired) electrons. The van der Waals surface area contributed by atoms with Crippen molar-refractivity contribution in [3.05, 3.63) is 77.9 Å². The van der Waals surface area contributed by atoms with Crippen molar-refractivity contribution in [2.24, 2.45) is 5.92 Å². The van der Waals surface area contributed by atoms with Crippen LogP contribution in [0.1, 0.15) is 24.7 Å². The second-order valence-electron chi connectivity index (χ2n) is 8.70. The number of nitrogens with zero attached hydrogens (tertiary/aromatic N) is 3. The Morgan fingerprint density at radius 1 is 1.05 bits per heavy atom. The van der Waals surface area contributed by atoms with Gasteiger partial charge < -0.3 is 5.32 Å². The van der Waals surface area contributed by atoms with Crippen LogP contribution in [0.2, 0.25) is 0 Å². The van der Waals surface area contributed by atoms with Crippen LogP contribution >= 0.6 is 0 Å². The number of carbonyl (C=O) groups is 1. The predicted molar refractivity (Wildman–Crippen MR) is 122 cm³/mol. The molecular weight excluding hydrogens is 519 g/mol. The highest BCUT2D eigenvalue weighted by Crippen LogP contribution is 2.30. The van der Waals surface area contributed by atoms with Gasteiger partial charge in [0, 0.05) is 36.6 Å². The lowest BCUT2D eigenvalue weighted by atomic mass is 10.0. The Morgan fingerprint density at radius 3 is 2.32 bits per heavy atom. The fraction of sp³-hybridized carbons (Fsp3) is 0.292. The van der Waals surface area contributed by atoms with E-state index in [0.29, 0.717) is 5.56 Å². The molecule has 4 rings (SSSR count). The fourth-order valence-electron chi connectivity index (χ4n) is 4.07. The molecule has 196 valence electrons. The molecule has 13 heteroatoms. The van der Waals surface area contributed by atoms with Crippen LogP contribution in [-0.4, -0.2) is 41.2 Å². The van der Waals surface area contributed by atoms with Gasteiger partial charge in [0.15, 0.2) is 0 Å². The maximum absolute atomic E-state index is 14.4. The number of benzene rings is 2. The summed E-state index contributed by atoms with van der Waals surface area (Å²) in [5.74, 6) is -3.36. The number of hydrogen-bond donors (Lipinski definition) is 1. The van der Waals surface area contributed by atoms with E-state index in [1.807, 2.05) is 0 Å². The number of rotatable bonds is 6. The van der Waals surface area contributed by atoms with Crippen molar-refractivity contribution in [1.82, 2.24) is 19.6 Å². The van der Waals surface area contributed by atoms with Crippen molar-refractivity contribution in [3.63, 3.8) is 0 Å². The van der Waals surface area contributed by atoms with Crippen molar-refractivity contribution in [3.8, 4) is 11.1 Å². The molecule has 37 heavy (non-hydrogen) atoms. The third-order valence-corrected chi connectivity index (χ3v) is 7.81. The Balaban J connectivity index is 1.50. The molecule has 1 aliphatic rings. The van der Waals surface area contributed by atoms with Crippen LogP contribution in [0, 0.1) is 17.6 Å². The average Bonchev–Trinajstić information content (AvgIpc) is 3.26. The van der Waals surface area contributed by atoms with Gasteiger partial charge in [-0.2, -0.15) is 17.5 Å². The molecule has 3 aromatic rings. The Bertz CT molecular complexity index is 1400. The molecule has 0 saturated carbocycles. The number of sulfonamides is 1. The molecule has 1 amide bonds. The summed E-state index contributed by atoms with van der Waals surface area (Å²) in [5, 5.41) is 2.55. The number of aromatic nitrogens is 2. The maximum Gasteiger partial charge on any atom is 0.451 e. The van der Waals surface area contributed by atoms with E-state index < -0.39 is 45.6 Å². The Kier molecular flexibility index (Phi) is 7.29. The zero-order valence-corrected chi connectivity index (χ0v) is 20.2. The molecule has 2 atom stereocenters. The molecular formula is C24H21F5N4O3S. The minimum absolute atomic E-state index is 0.0322. The van der Waals surface area contributed by atoms with Gasteiger partial charge in [0.1, 0.15) is 17.7 Å². The van der Waals surface area contributed by atoms with Gasteiger partial charge in [-0.1, -0.05) is 13.0 Å². The number of nitrogens with one attached hydrogen (secondary N) is 1. The van der Waals surface area contributed by atoms with Crippen LogP contribution < -0.4 is 5.32 Å². The van der Waals surface area contributed by atoms with Crippen molar-refractivity contribution in [2.75, 3.05) is 6.54 Å². The highest BCUT2D eigenvalue weighted by molar-refractivity contribution is 7.89. The quantitative estimate of drug-likeness (QED) is 0.475. The topological polar surface area (TPSA) is 92.3 Å². The van der Waals surface area contributed by atoms with E-state index in [-0.39, 0.29) is 41.5 Å². The van der Waals surface area contributed by atoms with Crippen molar-refractivity contribution in [1.29, 1.82) is 0 Å². The second-order valence-corrected chi connectivity index (χ2v) is 10.6. The number of halogens is 5. The predicted octanol–water partition coefficient (Wildman–Crippen LogP) is 4.16. The van der Waals surface area contributed by atoms with Crippen LogP contribution in [0.25, 0.3) is 11.1 Å². The standard InChI is InChI=1S/C24H21F5N4O3S/c1-14-8-21(33(13-14)37(35,36)19-5-3-18(25)4-6-19)22(34)30-10-16-9-15(2-7-20(16)26)17-11-31-23(32-12-17)24(27,28)29/h2-7,9,11-12,14,21H,8,10,13H2,1H3,(H,30,34)/t14-,21-/m0/s1. The van der Waals surface area contributed by atoms with E-state index in [2.05, 4.69) is 15.3 Å². The molecule has 1 fully saturated rings. The summed E-state index contributed by atoms with van der Waals surface area (Å²) >= 11 is 0. The van der Waals surface area contributed by atoms with Gasteiger partial charge >= 0.3 is 6.18 Å². The third kappa shape index (κ3) is 5.77. The van der Waals surface area contributed by atoms with Crippen molar-refractivity contribution >= 4 is 15.9 Å². The molecule has 0 bridgehead atoms. The normalized spacial score (nSPS) is 18.6. The van der Waals surface area contributed by atoms with Gasteiger partial charge in [0.05, 0.1) is 4.90 Å². The van der Waals surface area contributed by atoms with Crippen LogP contribution in [0.4, 0.5) is 22.0 Å². The summed E-state index contributed by atoms with van der Waals surface area (Å²) in [4.78, 5) is 19.4. The van der Waals surface area contributed by atoms with E-state index in [9.17, 15) is 35.2 Å². The second kappa shape index (κ2) is 10.1. The number of hydrogen-bond acceptors (Lipinski definition) is 5. The number of carbonyl (C=O) groups excluding carboxylic acids is 1. The van der Waals surface area contributed by atoms with Gasteiger partial charge in [-0.15, -0.1) is 0 Å². The van der Waals surface area contributed by atoms with Crippen LogP contribution in [0.5, 0.6) is 0 Å². The van der Waals surface area contributed by atoms with Crippen LogP contribution in [0.15, 0.2) is 59.8 Å². The molecule has 7 nitrogen and oxygen atoms in total. The van der Waals surface area contributed by atoms with E-state index in [1.54, 1.807) is 6.92 Å². The molecule has 1 saturated heterocycles. The monoisotopic (exact) mass is 540 g/mol. The molecule has 1 aliphatic heterocycles. The summed E-state index contributed by atoms with van der Waals surface area (Å²) in [6.45, 7) is 1.57. The van der Waals surface area contributed by atoms with Crippen molar-refractivity contribution < 1.29 is 35.2 Å².